The first-order valence-electron chi connectivity index (χ1n) is 9.51. The van der Waals surface area contributed by atoms with Crippen molar-refractivity contribution >= 4 is 13.5 Å². The molecule has 0 radical (unpaired) electrons. The van der Waals surface area contributed by atoms with Crippen molar-refractivity contribution in [3.05, 3.63) is 53.8 Å². The maximum Gasteiger partial charge on any atom is 0.362 e. The highest BCUT2D eigenvalue weighted by Gasteiger charge is 2.26. The number of unbranched alkanes of at least 4 members (excludes halogenated alkanes) is 1. The maximum absolute atomic E-state index is 12.3. The monoisotopic (exact) mass is 355 g/mol. The second-order valence-electron chi connectivity index (χ2n) is 7.05. The summed E-state index contributed by atoms with van der Waals surface area (Å²) in [6.45, 7) is 12.6. The van der Waals surface area contributed by atoms with E-state index < -0.39 is 0 Å². The molecule has 0 saturated carbocycles. The topological polar surface area (TPSA) is 47.6 Å². The molecule has 1 unspecified atom stereocenters. The number of benzene rings is 1. The molecule has 1 N–H and O–H groups in total. The minimum atomic E-state index is -0.300. The third-order valence-corrected chi connectivity index (χ3v) is 4.43. The molecule has 4 nitrogen and oxygen atoms in total. The molecule has 0 saturated heterocycles. The molecule has 0 spiro atoms. The Labute approximate surface area is 157 Å². The average Bonchev–Trinajstić information content (AvgIpc) is 2.60. The van der Waals surface area contributed by atoms with Crippen molar-refractivity contribution < 1.29 is 14.2 Å². The summed E-state index contributed by atoms with van der Waals surface area (Å²) >= 11 is 0. The van der Waals surface area contributed by atoms with Gasteiger partial charge in [0.1, 0.15) is 11.3 Å². The molecule has 0 aliphatic carbocycles. The van der Waals surface area contributed by atoms with E-state index in [0.717, 1.165) is 49.8 Å². The molecule has 1 aliphatic heterocycles. The van der Waals surface area contributed by atoms with E-state index in [1.54, 1.807) is 6.07 Å². The van der Waals surface area contributed by atoms with Gasteiger partial charge >= 0.3 is 13.5 Å². The minimum absolute atomic E-state index is 0.172. The summed E-state index contributed by atoms with van der Waals surface area (Å²) in [5.74, 6) is 0.539. The van der Waals surface area contributed by atoms with Crippen LogP contribution in [0.5, 0.6) is 5.75 Å². The van der Waals surface area contributed by atoms with E-state index in [4.69, 9.17) is 9.39 Å². The summed E-state index contributed by atoms with van der Waals surface area (Å²) in [5.41, 5.74) is 3.79. The van der Waals surface area contributed by atoms with Crippen LogP contribution in [0.25, 0.3) is 0 Å². The Morgan fingerprint density at radius 2 is 2.15 bits per heavy atom. The SMILES string of the molecule is C=C(C)CCCC(=C)NC1BOc2c(cccc2C(=O)OCCCC)C1. The maximum atomic E-state index is 12.3. The van der Waals surface area contributed by atoms with Crippen LogP contribution in [0.15, 0.2) is 42.6 Å². The van der Waals surface area contributed by atoms with Gasteiger partial charge in [0.2, 0.25) is 0 Å². The van der Waals surface area contributed by atoms with Gasteiger partial charge in [-0.25, -0.2) is 4.79 Å². The van der Waals surface area contributed by atoms with E-state index in [9.17, 15) is 4.79 Å². The number of rotatable bonds is 10. The fourth-order valence-electron chi connectivity index (χ4n) is 3.03. The molecule has 1 heterocycles. The summed E-state index contributed by atoms with van der Waals surface area (Å²) in [5, 5.41) is 3.46. The smallest absolute Gasteiger partial charge is 0.362 e. The predicted molar refractivity (Wildman–Crippen MR) is 108 cm³/mol. The molecule has 1 aromatic carbocycles. The van der Waals surface area contributed by atoms with E-state index in [1.807, 2.05) is 19.1 Å². The second-order valence-corrected chi connectivity index (χ2v) is 7.05. The van der Waals surface area contributed by atoms with Gasteiger partial charge in [-0.3, -0.25) is 0 Å². The van der Waals surface area contributed by atoms with Gasteiger partial charge in [-0.2, -0.15) is 0 Å². The van der Waals surface area contributed by atoms with E-state index in [2.05, 4.69) is 25.4 Å². The lowest BCUT2D eigenvalue weighted by Crippen LogP contribution is -2.41. The van der Waals surface area contributed by atoms with Gasteiger partial charge in [0.05, 0.1) is 6.61 Å². The lowest BCUT2D eigenvalue weighted by molar-refractivity contribution is 0.0497. The van der Waals surface area contributed by atoms with Crippen LogP contribution in [0.1, 0.15) is 61.9 Å². The highest BCUT2D eigenvalue weighted by molar-refractivity contribution is 6.32. The van der Waals surface area contributed by atoms with Gasteiger partial charge in [-0.15, -0.1) is 6.58 Å². The molecule has 140 valence electrons. The summed E-state index contributed by atoms with van der Waals surface area (Å²) in [4.78, 5) is 12.3. The first-order valence-corrected chi connectivity index (χ1v) is 9.51. The van der Waals surface area contributed by atoms with Crippen LogP contribution in [0.3, 0.4) is 0 Å². The Hall–Kier alpha value is -2.17. The Kier molecular flexibility index (Phi) is 7.83. The highest BCUT2D eigenvalue weighted by Crippen LogP contribution is 2.29. The summed E-state index contributed by atoms with van der Waals surface area (Å²) in [7, 11) is 0.520. The number of fused-ring (bicyclic) bond motifs is 1. The van der Waals surface area contributed by atoms with Crippen LogP contribution in [0.2, 0.25) is 0 Å². The third-order valence-electron chi connectivity index (χ3n) is 4.43. The molecule has 0 amide bonds. The molecular weight excluding hydrogens is 325 g/mol. The normalized spacial score (nSPS) is 15.2. The summed E-state index contributed by atoms with van der Waals surface area (Å²) in [6.07, 6.45) is 5.69. The van der Waals surface area contributed by atoms with Gasteiger partial charge in [0.25, 0.3) is 0 Å². The molecule has 1 aliphatic rings. The molecule has 2 rings (SSSR count). The molecule has 0 aromatic heterocycles. The number of nitrogens with one attached hydrogen (secondary N) is 1. The third kappa shape index (κ3) is 5.97. The van der Waals surface area contributed by atoms with E-state index in [1.165, 1.54) is 5.57 Å². The zero-order valence-electron chi connectivity index (χ0n) is 16.1. The number of allylic oxidation sites excluding steroid dienone is 2. The molecule has 26 heavy (non-hydrogen) atoms. The van der Waals surface area contributed by atoms with Crippen LogP contribution in [0, 0.1) is 0 Å². The second kappa shape index (κ2) is 10.1. The standard InChI is InChI=1S/C21H30BNO3/c1-5-6-13-25-21(24)18-12-8-11-17-14-19(22-26-20(17)18)23-16(4)10-7-9-15(2)3/h8,11-12,19,22-23H,2,4-7,9-10,13-14H2,1,3H3. The Morgan fingerprint density at radius 1 is 1.35 bits per heavy atom. The van der Waals surface area contributed by atoms with Crippen LogP contribution in [-0.2, 0) is 11.2 Å². The van der Waals surface area contributed by atoms with Crippen LogP contribution < -0.4 is 9.97 Å². The van der Waals surface area contributed by atoms with E-state index in [-0.39, 0.29) is 11.9 Å². The van der Waals surface area contributed by atoms with Crippen molar-refractivity contribution in [2.24, 2.45) is 0 Å². The van der Waals surface area contributed by atoms with Crippen molar-refractivity contribution in [2.45, 2.75) is 58.3 Å². The van der Waals surface area contributed by atoms with Crippen molar-refractivity contribution in [1.29, 1.82) is 0 Å². The molecular formula is C21H30BNO3. The molecule has 0 fully saturated rings. The van der Waals surface area contributed by atoms with Crippen molar-refractivity contribution in [2.75, 3.05) is 6.61 Å². The van der Waals surface area contributed by atoms with Crippen molar-refractivity contribution in [1.82, 2.24) is 5.32 Å². The fraction of sp³-hybridized carbons (Fsp3) is 0.476. The molecule has 1 atom stereocenters. The summed E-state index contributed by atoms with van der Waals surface area (Å²) < 4.78 is 11.3. The summed E-state index contributed by atoms with van der Waals surface area (Å²) in [6, 6.07) is 5.68. The van der Waals surface area contributed by atoms with Crippen LogP contribution >= 0.6 is 0 Å². The van der Waals surface area contributed by atoms with Crippen LogP contribution in [-0.4, -0.2) is 26.0 Å². The van der Waals surface area contributed by atoms with E-state index in [0.29, 0.717) is 25.4 Å². The minimum Gasteiger partial charge on any atom is -0.561 e. The number of hydrogen-bond donors (Lipinski definition) is 1. The number of para-hydroxylation sites is 1. The zero-order valence-corrected chi connectivity index (χ0v) is 16.1. The number of esters is 1. The molecule has 0 bridgehead atoms. The Balaban J connectivity index is 1.92. The number of carbonyl (C=O) groups excluding carboxylic acids is 1. The Bertz CT molecular complexity index is 657. The van der Waals surface area contributed by atoms with Crippen LogP contribution in [0.4, 0.5) is 0 Å². The largest absolute Gasteiger partial charge is 0.561 e. The van der Waals surface area contributed by atoms with Gasteiger partial charge in [0, 0.05) is 11.6 Å². The molecule has 5 heteroatoms. The predicted octanol–water partition coefficient (Wildman–Crippen LogP) is 4.11. The first-order chi connectivity index (χ1) is 12.5. The van der Waals surface area contributed by atoms with Gasteiger partial charge in [-0.05, 0) is 50.7 Å². The van der Waals surface area contributed by atoms with Crippen molar-refractivity contribution in [3.8, 4) is 5.75 Å². The average molecular weight is 355 g/mol. The highest BCUT2D eigenvalue weighted by atomic mass is 16.5. The number of hydrogen-bond acceptors (Lipinski definition) is 4. The van der Waals surface area contributed by atoms with Gasteiger partial charge in [-0.1, -0.05) is 37.6 Å². The lowest BCUT2D eigenvalue weighted by Gasteiger charge is -2.28. The van der Waals surface area contributed by atoms with Gasteiger partial charge in [0.15, 0.2) is 0 Å². The zero-order chi connectivity index (χ0) is 18.9. The number of carbonyl (C=O) groups is 1. The van der Waals surface area contributed by atoms with Gasteiger partial charge < -0.3 is 14.7 Å². The lowest BCUT2D eigenvalue weighted by atomic mass is 9.78. The van der Waals surface area contributed by atoms with E-state index >= 15 is 0 Å². The van der Waals surface area contributed by atoms with Crippen molar-refractivity contribution in [3.63, 3.8) is 0 Å². The Morgan fingerprint density at radius 3 is 2.88 bits per heavy atom. The molecule has 1 aromatic rings. The first kappa shape index (κ1) is 20.2. The number of ether oxygens (including phenoxy) is 1. The fourth-order valence-corrected chi connectivity index (χ4v) is 3.03. The quantitative estimate of drug-likeness (QED) is 0.297.